The maximum absolute atomic E-state index is 13.0. The first-order valence-electron chi connectivity index (χ1n) is 11.1. The van der Waals surface area contributed by atoms with Crippen LogP contribution in [-0.4, -0.2) is 28.9 Å². The first-order chi connectivity index (χ1) is 16.4. The van der Waals surface area contributed by atoms with E-state index in [2.05, 4.69) is 5.16 Å². The molecule has 1 aliphatic rings. The van der Waals surface area contributed by atoms with Gasteiger partial charge < -0.3 is 14.4 Å². The Balaban J connectivity index is 1.70. The molecule has 4 rings (SSSR count). The highest BCUT2D eigenvalue weighted by Gasteiger charge is 2.30. The molecule has 0 saturated carbocycles. The Hall–Kier alpha value is -3.58. The van der Waals surface area contributed by atoms with E-state index in [1.54, 1.807) is 38.1 Å². The van der Waals surface area contributed by atoms with Crippen LogP contribution in [0.5, 0.6) is 0 Å². The summed E-state index contributed by atoms with van der Waals surface area (Å²) < 4.78 is 10.8. The number of nitrogens with zero attached hydrogens (tertiary/aromatic N) is 2. The van der Waals surface area contributed by atoms with Gasteiger partial charge in [-0.25, -0.2) is 9.69 Å². The van der Waals surface area contributed by atoms with Gasteiger partial charge in [-0.15, -0.1) is 0 Å². The van der Waals surface area contributed by atoms with Crippen molar-refractivity contribution in [3.63, 3.8) is 0 Å². The number of allylic oxidation sites excluding steroid dienone is 2. The zero-order valence-corrected chi connectivity index (χ0v) is 19.7. The van der Waals surface area contributed by atoms with Crippen LogP contribution < -0.4 is 4.90 Å². The van der Waals surface area contributed by atoms with E-state index in [0.717, 1.165) is 16.7 Å². The van der Waals surface area contributed by atoms with Crippen LogP contribution in [0, 0.1) is 12.8 Å². The summed E-state index contributed by atoms with van der Waals surface area (Å²) in [5.74, 6) is -0.617. The van der Waals surface area contributed by atoms with Gasteiger partial charge in [0.25, 0.3) is 0 Å². The molecule has 0 saturated heterocycles. The number of hydrogen-bond acceptors (Lipinski definition) is 5. The lowest BCUT2D eigenvalue weighted by molar-refractivity contribution is -0.141. The number of hydrogen-bond donors (Lipinski definition) is 1. The summed E-state index contributed by atoms with van der Waals surface area (Å²) in [6.45, 7) is 3.67. The van der Waals surface area contributed by atoms with E-state index in [9.17, 15) is 14.7 Å². The molecule has 7 nitrogen and oxygen atoms in total. The predicted molar refractivity (Wildman–Crippen MR) is 130 cm³/mol. The van der Waals surface area contributed by atoms with Gasteiger partial charge >= 0.3 is 12.1 Å². The van der Waals surface area contributed by atoms with Crippen molar-refractivity contribution in [1.29, 1.82) is 0 Å². The van der Waals surface area contributed by atoms with Gasteiger partial charge in [0.1, 0.15) is 11.4 Å². The molecule has 1 aliphatic carbocycles. The van der Waals surface area contributed by atoms with Gasteiger partial charge in [-0.3, -0.25) is 4.79 Å². The molecule has 176 valence electrons. The fraction of sp³-hybridized carbons (Fsp3) is 0.269. The predicted octanol–water partition coefficient (Wildman–Crippen LogP) is 6.87. The van der Waals surface area contributed by atoms with Crippen LogP contribution >= 0.6 is 11.6 Å². The number of aryl methyl sites for hydroxylation is 1. The van der Waals surface area contributed by atoms with Crippen molar-refractivity contribution in [2.45, 2.75) is 33.1 Å². The summed E-state index contributed by atoms with van der Waals surface area (Å²) in [5, 5.41) is 13.8. The van der Waals surface area contributed by atoms with E-state index in [1.807, 2.05) is 30.3 Å². The second-order valence-corrected chi connectivity index (χ2v) is 8.45. The molecule has 34 heavy (non-hydrogen) atoms. The lowest BCUT2D eigenvalue weighted by Crippen LogP contribution is -2.27. The zero-order valence-electron chi connectivity index (χ0n) is 19.0. The number of carboxylic acid groups (broad SMARTS) is 1. The molecule has 0 spiro atoms. The van der Waals surface area contributed by atoms with E-state index in [1.165, 1.54) is 4.90 Å². The van der Waals surface area contributed by atoms with Crippen LogP contribution in [0.25, 0.3) is 16.8 Å². The third-order valence-electron chi connectivity index (χ3n) is 5.89. The van der Waals surface area contributed by atoms with Crippen molar-refractivity contribution < 1.29 is 24.0 Å². The van der Waals surface area contributed by atoms with Crippen molar-refractivity contribution in [2.24, 2.45) is 5.92 Å². The van der Waals surface area contributed by atoms with Crippen LogP contribution in [0.3, 0.4) is 0 Å². The Morgan fingerprint density at radius 2 is 1.88 bits per heavy atom. The van der Waals surface area contributed by atoms with Crippen molar-refractivity contribution >= 4 is 40.6 Å². The fourth-order valence-corrected chi connectivity index (χ4v) is 4.33. The molecule has 1 amide bonds. The highest BCUT2D eigenvalue weighted by Crippen LogP contribution is 2.41. The molecule has 1 aromatic heterocycles. The number of anilines is 2. The number of carboxylic acids is 1. The maximum atomic E-state index is 13.0. The highest BCUT2D eigenvalue weighted by molar-refractivity contribution is 6.34. The Morgan fingerprint density at radius 1 is 1.18 bits per heavy atom. The van der Waals surface area contributed by atoms with Crippen molar-refractivity contribution in [3.8, 4) is 11.3 Å². The number of ether oxygens (including phenoxy) is 1. The number of para-hydroxylation sites is 1. The van der Waals surface area contributed by atoms with Gasteiger partial charge in [0.05, 0.1) is 23.2 Å². The van der Waals surface area contributed by atoms with Crippen LogP contribution in [0.1, 0.15) is 37.5 Å². The number of carbonyl (C=O) groups is 2. The second kappa shape index (κ2) is 10.1. The zero-order chi connectivity index (χ0) is 24.2. The number of amides is 1. The Morgan fingerprint density at radius 3 is 2.50 bits per heavy atom. The number of benzene rings is 2. The highest BCUT2D eigenvalue weighted by atomic mass is 35.5. The SMILES string of the molecule is CCOC(=O)N(c1ccccc1Cl)c1c(-c2ccc(C3=CCC(C(=O)O)CC3)cc2)noc1C. The number of carbonyl (C=O) groups excluding carboxylic acids is 1. The molecule has 1 unspecified atom stereocenters. The summed E-state index contributed by atoms with van der Waals surface area (Å²) in [4.78, 5) is 25.6. The topological polar surface area (TPSA) is 92.9 Å². The number of halogens is 1. The van der Waals surface area contributed by atoms with Crippen molar-refractivity contribution in [3.05, 3.63) is 71.0 Å². The molecule has 2 aromatic carbocycles. The number of aromatic nitrogens is 1. The first-order valence-corrected chi connectivity index (χ1v) is 11.5. The third kappa shape index (κ3) is 4.70. The van der Waals surface area contributed by atoms with E-state index >= 15 is 0 Å². The van der Waals surface area contributed by atoms with Gasteiger partial charge in [-0.2, -0.15) is 0 Å². The second-order valence-electron chi connectivity index (χ2n) is 8.04. The Kier molecular flexibility index (Phi) is 7.03. The fourth-order valence-electron chi connectivity index (χ4n) is 4.11. The minimum atomic E-state index is -0.746. The molecular weight excluding hydrogens is 456 g/mol. The summed E-state index contributed by atoms with van der Waals surface area (Å²) >= 11 is 6.42. The normalized spacial score (nSPS) is 15.5. The third-order valence-corrected chi connectivity index (χ3v) is 6.21. The van der Waals surface area contributed by atoms with Gasteiger partial charge in [0, 0.05) is 5.56 Å². The molecule has 0 aliphatic heterocycles. The Bertz CT molecular complexity index is 1230. The summed E-state index contributed by atoms with van der Waals surface area (Å²) in [5.41, 5.74) is 4.33. The maximum Gasteiger partial charge on any atom is 0.419 e. The monoisotopic (exact) mass is 480 g/mol. The minimum Gasteiger partial charge on any atom is -0.481 e. The molecule has 1 heterocycles. The average molecular weight is 481 g/mol. The quantitative estimate of drug-likeness (QED) is 0.414. The molecule has 3 aromatic rings. The minimum absolute atomic E-state index is 0.200. The molecule has 8 heteroatoms. The van der Waals surface area contributed by atoms with Crippen LogP contribution in [0.15, 0.2) is 59.1 Å². The van der Waals surface area contributed by atoms with Crippen LogP contribution in [0.2, 0.25) is 5.02 Å². The van der Waals surface area contributed by atoms with Gasteiger partial charge in [-0.1, -0.05) is 59.2 Å². The molecular formula is C26H25ClN2O5. The summed E-state index contributed by atoms with van der Waals surface area (Å²) in [6, 6.07) is 14.8. The first kappa shape index (κ1) is 23.6. The van der Waals surface area contributed by atoms with Gasteiger partial charge in [-0.05, 0) is 56.4 Å². The van der Waals surface area contributed by atoms with E-state index < -0.39 is 12.1 Å². The number of aliphatic carboxylic acids is 1. The smallest absolute Gasteiger partial charge is 0.419 e. The Labute approximate surface area is 202 Å². The van der Waals surface area contributed by atoms with Gasteiger partial charge in [0.2, 0.25) is 0 Å². The van der Waals surface area contributed by atoms with Crippen molar-refractivity contribution in [1.82, 2.24) is 5.16 Å². The summed E-state index contributed by atoms with van der Waals surface area (Å²) in [7, 11) is 0. The lowest BCUT2D eigenvalue weighted by Gasteiger charge is -2.23. The molecule has 0 radical (unpaired) electrons. The van der Waals surface area contributed by atoms with Crippen LogP contribution in [0.4, 0.5) is 16.2 Å². The molecule has 0 fully saturated rings. The van der Waals surface area contributed by atoms with Gasteiger partial charge in [0.15, 0.2) is 5.76 Å². The standard InChI is InChI=1S/C26H25ClN2O5/c1-3-33-26(32)29(22-7-5-4-6-21(22)27)24-16(2)34-28-23(24)19-12-8-17(9-13-19)18-10-14-20(15-11-18)25(30)31/h4-10,12-13,20H,3,11,14-15H2,1-2H3,(H,30,31). The van der Waals surface area contributed by atoms with Crippen molar-refractivity contribution in [2.75, 3.05) is 11.5 Å². The number of rotatable bonds is 6. The molecule has 1 N–H and O–H groups in total. The lowest BCUT2D eigenvalue weighted by atomic mass is 9.86. The van der Waals surface area contributed by atoms with E-state index in [-0.39, 0.29) is 12.5 Å². The average Bonchev–Trinajstić information content (AvgIpc) is 3.22. The molecule has 1 atom stereocenters. The largest absolute Gasteiger partial charge is 0.481 e. The molecule has 0 bridgehead atoms. The van der Waals surface area contributed by atoms with E-state index in [0.29, 0.717) is 47.1 Å². The van der Waals surface area contributed by atoms with E-state index in [4.69, 9.17) is 20.9 Å². The van der Waals surface area contributed by atoms with Crippen LogP contribution in [-0.2, 0) is 9.53 Å². The summed E-state index contributed by atoms with van der Waals surface area (Å²) in [6.07, 6.45) is 3.30.